The van der Waals surface area contributed by atoms with Gasteiger partial charge < -0.3 is 13.9 Å². The van der Waals surface area contributed by atoms with Gasteiger partial charge in [-0.15, -0.1) is 10.2 Å². The van der Waals surface area contributed by atoms with Gasteiger partial charge in [-0.05, 0) is 18.2 Å². The van der Waals surface area contributed by atoms with Gasteiger partial charge in [0.15, 0.2) is 0 Å². The van der Waals surface area contributed by atoms with E-state index in [1.807, 2.05) is 18.2 Å². The van der Waals surface area contributed by atoms with Gasteiger partial charge in [0, 0.05) is 10.6 Å². The fourth-order valence-electron chi connectivity index (χ4n) is 2.18. The summed E-state index contributed by atoms with van der Waals surface area (Å²) in [7, 11) is 1.31. The number of rotatable bonds is 5. The molecule has 0 bridgehead atoms. The van der Waals surface area contributed by atoms with Crippen molar-refractivity contribution < 1.29 is 18.7 Å². The second-order valence-electron chi connectivity index (χ2n) is 4.82. The van der Waals surface area contributed by atoms with Gasteiger partial charge in [-0.2, -0.15) is 0 Å². The minimum absolute atomic E-state index is 0.240. The number of carbonyl (C=O) groups is 1. The van der Waals surface area contributed by atoms with Gasteiger partial charge in [0.1, 0.15) is 5.75 Å². The lowest BCUT2D eigenvalue weighted by molar-refractivity contribution is -0.149. The number of methoxy groups -OCH3 is 1. The van der Waals surface area contributed by atoms with Crippen LogP contribution in [0.3, 0.4) is 0 Å². The van der Waals surface area contributed by atoms with Gasteiger partial charge in [-0.25, -0.2) is 4.79 Å². The van der Waals surface area contributed by atoms with Crippen LogP contribution in [0.25, 0.3) is 11.5 Å². The van der Waals surface area contributed by atoms with Crippen molar-refractivity contribution in [3.8, 4) is 17.2 Å². The maximum atomic E-state index is 12.2. The molecule has 1 atom stereocenters. The molecule has 7 heteroatoms. The first kappa shape index (κ1) is 16.0. The van der Waals surface area contributed by atoms with E-state index in [9.17, 15) is 4.79 Å². The fourth-order valence-corrected chi connectivity index (χ4v) is 2.35. The van der Waals surface area contributed by atoms with Crippen LogP contribution in [0.1, 0.15) is 11.7 Å². The Morgan fingerprint density at radius 1 is 1.21 bits per heavy atom. The van der Waals surface area contributed by atoms with Crippen LogP contribution < -0.4 is 4.74 Å². The predicted molar refractivity (Wildman–Crippen MR) is 86.6 cm³/mol. The molecule has 0 saturated carbocycles. The third kappa shape index (κ3) is 3.38. The van der Waals surface area contributed by atoms with Crippen LogP contribution in [0.15, 0.2) is 59.3 Å². The van der Waals surface area contributed by atoms with Crippen molar-refractivity contribution in [1.29, 1.82) is 0 Å². The molecule has 0 aliphatic heterocycles. The van der Waals surface area contributed by atoms with Crippen molar-refractivity contribution in [3.63, 3.8) is 0 Å². The highest BCUT2D eigenvalue weighted by atomic mass is 35.5. The third-order valence-corrected chi connectivity index (χ3v) is 3.53. The number of halogens is 1. The lowest BCUT2D eigenvalue weighted by Crippen LogP contribution is -2.20. The van der Waals surface area contributed by atoms with E-state index < -0.39 is 12.1 Å². The number of esters is 1. The Bertz CT molecular complexity index is 822. The second-order valence-corrected chi connectivity index (χ2v) is 5.25. The summed E-state index contributed by atoms with van der Waals surface area (Å²) in [5, 5.41) is 7.99. The minimum Gasteiger partial charge on any atom is -0.473 e. The fraction of sp³-hybridized carbons (Fsp3) is 0.118. The first-order chi connectivity index (χ1) is 11.7. The number of hydrogen-bond donors (Lipinski definition) is 0. The van der Waals surface area contributed by atoms with Crippen molar-refractivity contribution in [2.75, 3.05) is 7.11 Å². The van der Waals surface area contributed by atoms with E-state index in [0.29, 0.717) is 21.9 Å². The van der Waals surface area contributed by atoms with Gasteiger partial charge in [0.25, 0.3) is 5.89 Å². The highest BCUT2D eigenvalue weighted by molar-refractivity contribution is 6.30. The van der Waals surface area contributed by atoms with E-state index in [-0.39, 0.29) is 5.89 Å². The predicted octanol–water partition coefficient (Wildman–Crippen LogP) is 3.68. The Kier molecular flexibility index (Phi) is 4.77. The number of carbonyl (C=O) groups excluding carboxylic acids is 1. The van der Waals surface area contributed by atoms with Crippen molar-refractivity contribution in [2.24, 2.45) is 0 Å². The van der Waals surface area contributed by atoms with Crippen LogP contribution in [-0.4, -0.2) is 23.3 Å². The maximum absolute atomic E-state index is 12.2. The molecule has 0 radical (unpaired) electrons. The average molecular weight is 345 g/mol. The molecule has 3 aromatic rings. The van der Waals surface area contributed by atoms with Gasteiger partial charge in [-0.1, -0.05) is 41.9 Å². The number of ether oxygens (including phenoxy) is 2. The quantitative estimate of drug-likeness (QED) is 0.657. The van der Waals surface area contributed by atoms with Crippen LogP contribution in [0.5, 0.6) is 5.75 Å². The molecule has 0 fully saturated rings. The molecular formula is C17H13ClN2O4. The zero-order valence-corrected chi connectivity index (χ0v) is 13.4. The lowest BCUT2D eigenvalue weighted by atomic mass is 10.1. The molecule has 0 amide bonds. The number of nitrogens with zero attached hydrogens (tertiary/aromatic N) is 2. The molecule has 1 unspecified atom stereocenters. The van der Waals surface area contributed by atoms with Gasteiger partial charge in [0.2, 0.25) is 12.5 Å². The second kappa shape index (κ2) is 7.14. The SMILES string of the molecule is COC(=O)C(Oc1ccc(Cl)cc1-c1nnco1)c1ccccc1. The maximum Gasteiger partial charge on any atom is 0.351 e. The normalized spacial score (nSPS) is 11.8. The summed E-state index contributed by atoms with van der Waals surface area (Å²) in [6, 6.07) is 14.0. The van der Waals surface area contributed by atoms with Crippen LogP contribution >= 0.6 is 11.6 Å². The largest absolute Gasteiger partial charge is 0.473 e. The van der Waals surface area contributed by atoms with Gasteiger partial charge in [-0.3, -0.25) is 0 Å². The summed E-state index contributed by atoms with van der Waals surface area (Å²) < 4.78 is 16.0. The highest BCUT2D eigenvalue weighted by Crippen LogP contribution is 2.34. The summed E-state index contributed by atoms with van der Waals surface area (Å²) >= 11 is 6.04. The molecule has 6 nitrogen and oxygen atoms in total. The molecule has 0 aliphatic rings. The van der Waals surface area contributed by atoms with E-state index in [2.05, 4.69) is 10.2 Å². The standard InChI is InChI=1S/C17H13ClN2O4/c1-22-17(21)15(11-5-3-2-4-6-11)24-14-8-7-12(18)9-13(14)16-20-19-10-23-16/h2-10,15H,1H3. The summed E-state index contributed by atoms with van der Waals surface area (Å²) in [6.07, 6.45) is 0.272. The molecule has 2 aromatic carbocycles. The van der Waals surface area contributed by atoms with E-state index in [4.69, 9.17) is 25.5 Å². The summed E-state index contributed by atoms with van der Waals surface area (Å²) in [4.78, 5) is 12.2. The van der Waals surface area contributed by atoms with Crippen LogP contribution in [0.2, 0.25) is 5.02 Å². The smallest absolute Gasteiger partial charge is 0.351 e. The molecule has 0 N–H and O–H groups in total. The average Bonchev–Trinajstić information content (AvgIpc) is 3.15. The number of aromatic nitrogens is 2. The highest BCUT2D eigenvalue weighted by Gasteiger charge is 2.25. The molecule has 24 heavy (non-hydrogen) atoms. The van der Waals surface area contributed by atoms with Crippen molar-refractivity contribution in [2.45, 2.75) is 6.10 Å². The van der Waals surface area contributed by atoms with E-state index in [1.165, 1.54) is 13.5 Å². The van der Waals surface area contributed by atoms with Gasteiger partial charge in [0.05, 0.1) is 12.7 Å². The number of hydrogen-bond acceptors (Lipinski definition) is 6. The van der Waals surface area contributed by atoms with E-state index in [0.717, 1.165) is 0 Å². The van der Waals surface area contributed by atoms with Crippen LogP contribution in [0.4, 0.5) is 0 Å². The van der Waals surface area contributed by atoms with E-state index in [1.54, 1.807) is 30.3 Å². The summed E-state index contributed by atoms with van der Waals surface area (Å²) in [6.45, 7) is 0. The lowest BCUT2D eigenvalue weighted by Gasteiger charge is -2.18. The molecule has 0 aliphatic carbocycles. The Hall–Kier alpha value is -2.86. The first-order valence-electron chi connectivity index (χ1n) is 7.04. The molecule has 0 saturated heterocycles. The zero-order chi connectivity index (χ0) is 16.9. The Labute approximate surface area is 143 Å². The zero-order valence-electron chi connectivity index (χ0n) is 12.7. The topological polar surface area (TPSA) is 74.5 Å². The molecule has 1 aromatic heterocycles. The van der Waals surface area contributed by atoms with Crippen molar-refractivity contribution in [3.05, 3.63) is 65.5 Å². The van der Waals surface area contributed by atoms with E-state index >= 15 is 0 Å². The molecule has 1 heterocycles. The van der Waals surface area contributed by atoms with Crippen molar-refractivity contribution in [1.82, 2.24) is 10.2 Å². The summed E-state index contributed by atoms with van der Waals surface area (Å²) in [5.41, 5.74) is 1.15. The summed E-state index contributed by atoms with van der Waals surface area (Å²) in [5.74, 6) is 0.0970. The monoisotopic (exact) mass is 344 g/mol. The van der Waals surface area contributed by atoms with Crippen molar-refractivity contribution >= 4 is 17.6 Å². The Morgan fingerprint density at radius 2 is 2.00 bits per heavy atom. The minimum atomic E-state index is -0.931. The Morgan fingerprint density at radius 3 is 2.67 bits per heavy atom. The third-order valence-electron chi connectivity index (χ3n) is 3.29. The first-order valence-corrected chi connectivity index (χ1v) is 7.42. The van der Waals surface area contributed by atoms with Gasteiger partial charge >= 0.3 is 5.97 Å². The number of benzene rings is 2. The molecule has 3 rings (SSSR count). The molecule has 122 valence electrons. The van der Waals surface area contributed by atoms with Crippen LogP contribution in [0, 0.1) is 0 Å². The molecule has 0 spiro atoms. The molecular weight excluding hydrogens is 332 g/mol. The Balaban J connectivity index is 2.00. The van der Waals surface area contributed by atoms with Crippen LogP contribution in [-0.2, 0) is 9.53 Å².